The van der Waals surface area contributed by atoms with E-state index in [1.807, 2.05) is 56.3 Å². The minimum Gasteiger partial charge on any atom is -0.493 e. The number of methoxy groups -OCH3 is 1. The number of aromatic nitrogens is 1. The van der Waals surface area contributed by atoms with Crippen LogP contribution in [0.3, 0.4) is 0 Å². The van der Waals surface area contributed by atoms with Crippen molar-refractivity contribution in [2.75, 3.05) is 12.5 Å². The molecular weight excluding hydrogens is 322 g/mol. The van der Waals surface area contributed by atoms with Gasteiger partial charge >= 0.3 is 0 Å². The van der Waals surface area contributed by atoms with E-state index >= 15 is 0 Å². The van der Waals surface area contributed by atoms with Crippen LogP contribution < -0.4 is 14.9 Å². The molecule has 0 radical (unpaired) electrons. The van der Waals surface area contributed by atoms with Crippen molar-refractivity contribution in [3.63, 3.8) is 0 Å². The Morgan fingerprint density at radius 3 is 2.75 bits per heavy atom. The Morgan fingerprint density at radius 1 is 1.17 bits per heavy atom. The average molecular weight is 341 g/mol. The summed E-state index contributed by atoms with van der Waals surface area (Å²) in [5.74, 6) is 1.41. The Hall–Kier alpha value is -2.60. The van der Waals surface area contributed by atoms with E-state index in [1.54, 1.807) is 24.7 Å². The molecule has 0 amide bonds. The molecule has 124 valence electrons. The van der Waals surface area contributed by atoms with Gasteiger partial charge in [0.05, 0.1) is 29.6 Å². The van der Waals surface area contributed by atoms with Crippen molar-refractivity contribution in [1.82, 2.24) is 4.98 Å². The standard InChI is InChI=1S/C18H19N3O2S/c1-12(2)23-15-9-8-13(10-16(15)22-3)11-19-21-18-20-14-6-4-5-7-17(14)24-18/h4-12H,1-3H3,(H,20,21)/b19-11-. The van der Waals surface area contributed by atoms with Crippen molar-refractivity contribution in [3.8, 4) is 11.5 Å². The van der Waals surface area contributed by atoms with Crippen molar-refractivity contribution >= 4 is 32.9 Å². The van der Waals surface area contributed by atoms with Gasteiger partial charge in [-0.1, -0.05) is 23.5 Å². The third kappa shape index (κ3) is 3.83. The summed E-state index contributed by atoms with van der Waals surface area (Å²) in [6.45, 7) is 3.97. The number of fused-ring (bicyclic) bond motifs is 1. The molecule has 2 aromatic carbocycles. The van der Waals surface area contributed by atoms with Gasteiger partial charge in [-0.05, 0) is 49.7 Å². The number of anilines is 1. The third-order valence-corrected chi connectivity index (χ3v) is 4.16. The van der Waals surface area contributed by atoms with E-state index in [0.29, 0.717) is 5.75 Å². The second kappa shape index (κ2) is 7.31. The molecule has 24 heavy (non-hydrogen) atoms. The number of thiazole rings is 1. The van der Waals surface area contributed by atoms with Gasteiger partial charge in [-0.3, -0.25) is 5.43 Å². The lowest BCUT2D eigenvalue weighted by Gasteiger charge is -2.13. The van der Waals surface area contributed by atoms with E-state index in [4.69, 9.17) is 9.47 Å². The summed E-state index contributed by atoms with van der Waals surface area (Å²) in [5.41, 5.74) is 4.85. The van der Waals surface area contributed by atoms with Crippen molar-refractivity contribution in [2.24, 2.45) is 5.10 Å². The van der Waals surface area contributed by atoms with Crippen LogP contribution in [0.1, 0.15) is 19.4 Å². The highest BCUT2D eigenvalue weighted by Gasteiger charge is 2.07. The van der Waals surface area contributed by atoms with Gasteiger partial charge in [0.2, 0.25) is 5.13 Å². The molecule has 6 heteroatoms. The number of rotatable bonds is 6. The van der Waals surface area contributed by atoms with E-state index in [0.717, 1.165) is 26.7 Å². The van der Waals surface area contributed by atoms with E-state index in [9.17, 15) is 0 Å². The number of hydrogen-bond donors (Lipinski definition) is 1. The summed E-state index contributed by atoms with van der Waals surface area (Å²) in [7, 11) is 1.63. The predicted octanol–water partition coefficient (Wildman–Crippen LogP) is 4.54. The third-order valence-electron chi connectivity index (χ3n) is 3.22. The fourth-order valence-electron chi connectivity index (χ4n) is 2.20. The molecule has 1 N–H and O–H groups in total. The minimum atomic E-state index is 0.0964. The number of nitrogens with one attached hydrogen (secondary N) is 1. The molecule has 0 spiro atoms. The van der Waals surface area contributed by atoms with E-state index in [2.05, 4.69) is 15.5 Å². The van der Waals surface area contributed by atoms with Crippen LogP contribution in [0.4, 0.5) is 5.13 Å². The van der Waals surface area contributed by atoms with Crippen molar-refractivity contribution in [1.29, 1.82) is 0 Å². The molecule has 0 saturated carbocycles. The first kappa shape index (κ1) is 16.3. The van der Waals surface area contributed by atoms with Gasteiger partial charge in [0, 0.05) is 0 Å². The zero-order valence-electron chi connectivity index (χ0n) is 13.8. The van der Waals surface area contributed by atoms with Crippen molar-refractivity contribution in [3.05, 3.63) is 48.0 Å². The summed E-state index contributed by atoms with van der Waals surface area (Å²) < 4.78 is 12.2. The van der Waals surface area contributed by atoms with E-state index in [1.165, 1.54) is 0 Å². The molecule has 1 heterocycles. The second-order valence-electron chi connectivity index (χ2n) is 5.43. The number of ether oxygens (including phenoxy) is 2. The minimum absolute atomic E-state index is 0.0964. The summed E-state index contributed by atoms with van der Waals surface area (Å²) in [6.07, 6.45) is 1.83. The normalized spacial score (nSPS) is 11.3. The molecule has 0 fully saturated rings. The van der Waals surface area contributed by atoms with Crippen LogP contribution >= 0.6 is 11.3 Å². The number of para-hydroxylation sites is 1. The zero-order chi connectivity index (χ0) is 16.9. The van der Waals surface area contributed by atoms with Crippen molar-refractivity contribution < 1.29 is 9.47 Å². The fraction of sp³-hybridized carbons (Fsp3) is 0.222. The van der Waals surface area contributed by atoms with Gasteiger partial charge in [0.1, 0.15) is 0 Å². The average Bonchev–Trinajstić information content (AvgIpc) is 2.98. The maximum atomic E-state index is 5.71. The lowest BCUT2D eigenvalue weighted by atomic mass is 10.2. The Kier molecular flexibility index (Phi) is 4.96. The molecule has 0 aliphatic rings. The van der Waals surface area contributed by atoms with E-state index < -0.39 is 0 Å². The molecule has 0 aliphatic carbocycles. The smallest absolute Gasteiger partial charge is 0.204 e. The highest BCUT2D eigenvalue weighted by Crippen LogP contribution is 2.28. The van der Waals surface area contributed by atoms with Crippen LogP contribution in [0.5, 0.6) is 11.5 Å². The number of hydrazone groups is 1. The number of hydrogen-bond acceptors (Lipinski definition) is 6. The lowest BCUT2D eigenvalue weighted by molar-refractivity contribution is 0.230. The largest absolute Gasteiger partial charge is 0.493 e. The van der Waals surface area contributed by atoms with Crippen LogP contribution in [-0.2, 0) is 0 Å². The van der Waals surface area contributed by atoms with Crippen molar-refractivity contribution in [2.45, 2.75) is 20.0 Å². The van der Waals surface area contributed by atoms with Crippen LogP contribution in [0.25, 0.3) is 10.2 Å². The second-order valence-corrected chi connectivity index (χ2v) is 6.46. The highest BCUT2D eigenvalue weighted by atomic mass is 32.1. The Morgan fingerprint density at radius 2 is 2.00 bits per heavy atom. The Balaban J connectivity index is 1.71. The molecule has 0 aliphatic heterocycles. The first-order valence-corrected chi connectivity index (χ1v) is 8.46. The van der Waals surface area contributed by atoms with Gasteiger partial charge in [0.25, 0.3) is 0 Å². The van der Waals surface area contributed by atoms with E-state index in [-0.39, 0.29) is 6.10 Å². The molecular formula is C18H19N3O2S. The van der Waals surface area contributed by atoms with Crippen LogP contribution in [0.15, 0.2) is 47.6 Å². The first-order valence-electron chi connectivity index (χ1n) is 7.65. The fourth-order valence-corrected chi connectivity index (χ4v) is 3.01. The van der Waals surface area contributed by atoms with Gasteiger partial charge in [-0.25, -0.2) is 4.98 Å². The summed E-state index contributed by atoms with van der Waals surface area (Å²) in [4.78, 5) is 4.47. The SMILES string of the molecule is COc1cc(/C=N\Nc2nc3ccccc3s2)ccc1OC(C)C. The van der Waals surface area contributed by atoms with Gasteiger partial charge in [-0.2, -0.15) is 5.10 Å². The molecule has 0 atom stereocenters. The number of nitrogens with zero attached hydrogens (tertiary/aromatic N) is 2. The molecule has 5 nitrogen and oxygen atoms in total. The zero-order valence-corrected chi connectivity index (χ0v) is 14.6. The van der Waals surface area contributed by atoms with Gasteiger partial charge in [-0.15, -0.1) is 0 Å². The molecule has 3 rings (SSSR count). The molecule has 0 bridgehead atoms. The summed E-state index contributed by atoms with van der Waals surface area (Å²) in [6, 6.07) is 13.7. The molecule has 3 aromatic rings. The monoisotopic (exact) mass is 341 g/mol. The molecule has 0 unspecified atom stereocenters. The summed E-state index contributed by atoms with van der Waals surface area (Å²) >= 11 is 1.57. The maximum absolute atomic E-state index is 5.71. The highest BCUT2D eigenvalue weighted by molar-refractivity contribution is 7.22. The van der Waals surface area contributed by atoms with Gasteiger partial charge < -0.3 is 9.47 Å². The van der Waals surface area contributed by atoms with Crippen LogP contribution in [0.2, 0.25) is 0 Å². The molecule has 1 aromatic heterocycles. The van der Waals surface area contributed by atoms with Gasteiger partial charge in [0.15, 0.2) is 11.5 Å². The topological polar surface area (TPSA) is 55.7 Å². The predicted molar refractivity (Wildman–Crippen MR) is 99.6 cm³/mol. The Labute approximate surface area is 144 Å². The lowest BCUT2D eigenvalue weighted by Crippen LogP contribution is -2.06. The quantitative estimate of drug-likeness (QED) is 0.528. The van der Waals surface area contributed by atoms with Crippen LogP contribution in [-0.4, -0.2) is 24.4 Å². The molecule has 0 saturated heterocycles. The van der Waals surface area contributed by atoms with Crippen LogP contribution in [0, 0.1) is 0 Å². The summed E-state index contributed by atoms with van der Waals surface area (Å²) in [5, 5.41) is 5.01. The number of benzene rings is 2. The Bertz CT molecular complexity index is 825. The maximum Gasteiger partial charge on any atom is 0.204 e. The first-order chi connectivity index (χ1) is 11.7.